The lowest BCUT2D eigenvalue weighted by molar-refractivity contribution is 0.146. The van der Waals surface area contributed by atoms with E-state index in [-0.39, 0.29) is 0 Å². The van der Waals surface area contributed by atoms with E-state index in [0.29, 0.717) is 0 Å². The Bertz CT molecular complexity index is 114. The molecule has 0 aromatic rings. The van der Waals surface area contributed by atoms with Crippen molar-refractivity contribution in [1.82, 2.24) is 10.2 Å². The molecule has 66 valence electrons. The maximum Gasteiger partial charge on any atom is 0.00910 e. The second-order valence-electron chi connectivity index (χ2n) is 3.49. The van der Waals surface area contributed by atoms with Crippen LogP contribution in [-0.4, -0.2) is 37.1 Å². The van der Waals surface area contributed by atoms with Gasteiger partial charge in [-0.1, -0.05) is 6.92 Å². The van der Waals surface area contributed by atoms with Crippen molar-refractivity contribution < 1.29 is 0 Å². The molecular weight excluding hydrogens is 136 g/mol. The van der Waals surface area contributed by atoms with Crippen LogP contribution in [0.15, 0.2) is 0 Å². The zero-order valence-corrected chi connectivity index (χ0v) is 7.93. The summed E-state index contributed by atoms with van der Waals surface area (Å²) in [5.74, 6) is 0. The van der Waals surface area contributed by atoms with E-state index >= 15 is 0 Å². The minimum atomic E-state index is 0.757. The van der Waals surface area contributed by atoms with Gasteiger partial charge < -0.3 is 10.2 Å². The largest absolute Gasteiger partial charge is 0.317 e. The van der Waals surface area contributed by atoms with Crippen LogP contribution in [0, 0.1) is 0 Å². The van der Waals surface area contributed by atoms with E-state index in [1.807, 2.05) is 0 Å². The number of likely N-dealkylation sites (tertiary alicyclic amines) is 1. The summed E-state index contributed by atoms with van der Waals surface area (Å²) in [6, 6.07) is 1.53. The maximum absolute atomic E-state index is 3.35. The lowest BCUT2D eigenvalue weighted by atomic mass is 9.99. The van der Waals surface area contributed by atoms with Crippen molar-refractivity contribution >= 4 is 0 Å². The molecule has 0 radical (unpaired) electrons. The van der Waals surface area contributed by atoms with Crippen LogP contribution in [0.4, 0.5) is 0 Å². The highest BCUT2D eigenvalue weighted by Crippen LogP contribution is 2.15. The van der Waals surface area contributed by atoms with Gasteiger partial charge >= 0.3 is 0 Å². The van der Waals surface area contributed by atoms with Crippen LogP contribution >= 0.6 is 0 Å². The maximum atomic E-state index is 3.35. The van der Waals surface area contributed by atoms with Crippen molar-refractivity contribution in [2.75, 3.05) is 20.1 Å². The Hall–Kier alpha value is -0.0800. The van der Waals surface area contributed by atoms with Crippen LogP contribution in [0.5, 0.6) is 0 Å². The van der Waals surface area contributed by atoms with Crippen molar-refractivity contribution in [3.05, 3.63) is 0 Å². The lowest BCUT2D eigenvalue weighted by Crippen LogP contribution is -2.46. The molecule has 1 heterocycles. The number of hydrogen-bond acceptors (Lipinski definition) is 2. The molecule has 0 bridgehead atoms. The van der Waals surface area contributed by atoms with Crippen LogP contribution in [0.2, 0.25) is 0 Å². The third-order valence-corrected chi connectivity index (χ3v) is 2.83. The molecule has 2 heteroatoms. The van der Waals surface area contributed by atoms with Crippen LogP contribution in [-0.2, 0) is 0 Å². The predicted molar refractivity (Wildman–Crippen MR) is 48.8 cm³/mol. The zero-order valence-electron chi connectivity index (χ0n) is 7.93. The van der Waals surface area contributed by atoms with E-state index < -0.39 is 0 Å². The summed E-state index contributed by atoms with van der Waals surface area (Å²) in [4.78, 5) is 2.55. The van der Waals surface area contributed by atoms with Crippen molar-refractivity contribution in [3.8, 4) is 0 Å². The Morgan fingerprint density at radius 1 is 1.55 bits per heavy atom. The van der Waals surface area contributed by atoms with Gasteiger partial charge in [0.25, 0.3) is 0 Å². The summed E-state index contributed by atoms with van der Waals surface area (Å²) >= 11 is 0. The van der Waals surface area contributed by atoms with Gasteiger partial charge in [0.2, 0.25) is 0 Å². The average molecular weight is 156 g/mol. The SMILES string of the molecule is CCN1CC[C@H](NC)C[C@@H]1C. The van der Waals surface area contributed by atoms with E-state index in [1.54, 1.807) is 0 Å². The van der Waals surface area contributed by atoms with Crippen LogP contribution < -0.4 is 5.32 Å². The molecule has 1 N–H and O–H groups in total. The molecule has 1 aliphatic rings. The smallest absolute Gasteiger partial charge is 0.00910 e. The van der Waals surface area contributed by atoms with Crippen LogP contribution in [0.3, 0.4) is 0 Å². The first kappa shape index (κ1) is 9.01. The summed E-state index contributed by atoms with van der Waals surface area (Å²) in [7, 11) is 2.07. The number of hydrogen-bond donors (Lipinski definition) is 1. The summed E-state index contributed by atoms with van der Waals surface area (Å²) in [5, 5.41) is 3.35. The molecule has 11 heavy (non-hydrogen) atoms. The molecule has 0 spiro atoms. The lowest BCUT2D eigenvalue weighted by Gasteiger charge is -2.36. The highest BCUT2D eigenvalue weighted by atomic mass is 15.2. The first-order valence-corrected chi connectivity index (χ1v) is 4.69. The second-order valence-corrected chi connectivity index (χ2v) is 3.49. The second kappa shape index (κ2) is 4.07. The summed E-state index contributed by atoms with van der Waals surface area (Å²) in [6.07, 6.45) is 2.62. The van der Waals surface area contributed by atoms with E-state index in [1.165, 1.54) is 25.9 Å². The number of nitrogens with one attached hydrogen (secondary N) is 1. The van der Waals surface area contributed by atoms with Crippen molar-refractivity contribution in [2.24, 2.45) is 0 Å². The van der Waals surface area contributed by atoms with Gasteiger partial charge in [-0.15, -0.1) is 0 Å². The zero-order chi connectivity index (χ0) is 8.27. The summed E-state index contributed by atoms with van der Waals surface area (Å²) in [6.45, 7) is 7.05. The van der Waals surface area contributed by atoms with Gasteiger partial charge in [-0.2, -0.15) is 0 Å². The first-order chi connectivity index (χ1) is 5.27. The monoisotopic (exact) mass is 156 g/mol. The molecule has 1 rings (SSSR count). The van der Waals surface area contributed by atoms with E-state index in [9.17, 15) is 0 Å². The molecule has 1 saturated heterocycles. The van der Waals surface area contributed by atoms with E-state index in [2.05, 4.69) is 31.1 Å². The molecule has 0 amide bonds. The van der Waals surface area contributed by atoms with Gasteiger partial charge in [0.15, 0.2) is 0 Å². The molecule has 0 saturated carbocycles. The summed E-state index contributed by atoms with van der Waals surface area (Å²) in [5.41, 5.74) is 0. The highest BCUT2D eigenvalue weighted by Gasteiger charge is 2.22. The molecule has 2 atom stereocenters. The van der Waals surface area contributed by atoms with Crippen molar-refractivity contribution in [1.29, 1.82) is 0 Å². The quantitative estimate of drug-likeness (QED) is 0.643. The Kier molecular flexibility index (Phi) is 3.34. The Labute approximate surface area is 70.0 Å². The number of rotatable bonds is 2. The van der Waals surface area contributed by atoms with E-state index in [0.717, 1.165) is 12.1 Å². The van der Waals surface area contributed by atoms with Gasteiger partial charge in [0.1, 0.15) is 0 Å². The van der Waals surface area contributed by atoms with Gasteiger partial charge in [-0.3, -0.25) is 0 Å². The standard InChI is InChI=1S/C9H20N2/c1-4-11-6-5-9(10-3)7-8(11)2/h8-10H,4-7H2,1-3H3/t8-,9-/m0/s1. The van der Waals surface area contributed by atoms with Gasteiger partial charge in [0.05, 0.1) is 0 Å². The molecular formula is C9H20N2. The fraction of sp³-hybridized carbons (Fsp3) is 1.00. The molecule has 0 aromatic carbocycles. The van der Waals surface area contributed by atoms with Crippen molar-refractivity contribution in [2.45, 2.75) is 38.8 Å². The molecule has 0 aliphatic carbocycles. The van der Waals surface area contributed by atoms with Gasteiger partial charge in [0, 0.05) is 12.1 Å². The summed E-state index contributed by atoms with van der Waals surface area (Å²) < 4.78 is 0. The number of piperidine rings is 1. The fourth-order valence-electron chi connectivity index (χ4n) is 1.95. The van der Waals surface area contributed by atoms with Gasteiger partial charge in [-0.25, -0.2) is 0 Å². The highest BCUT2D eigenvalue weighted by molar-refractivity contribution is 4.81. The molecule has 0 unspecified atom stereocenters. The molecule has 0 aromatic heterocycles. The minimum Gasteiger partial charge on any atom is -0.317 e. The number of nitrogens with zero attached hydrogens (tertiary/aromatic N) is 1. The van der Waals surface area contributed by atoms with Crippen LogP contribution in [0.1, 0.15) is 26.7 Å². The Morgan fingerprint density at radius 3 is 2.73 bits per heavy atom. The normalized spacial score (nSPS) is 34.1. The Balaban J connectivity index is 2.34. The third-order valence-electron chi connectivity index (χ3n) is 2.83. The first-order valence-electron chi connectivity index (χ1n) is 4.69. The van der Waals surface area contributed by atoms with Crippen LogP contribution in [0.25, 0.3) is 0 Å². The minimum absolute atomic E-state index is 0.757. The predicted octanol–water partition coefficient (Wildman–Crippen LogP) is 1.08. The van der Waals surface area contributed by atoms with E-state index in [4.69, 9.17) is 0 Å². The molecule has 1 aliphatic heterocycles. The van der Waals surface area contributed by atoms with Gasteiger partial charge in [-0.05, 0) is 39.9 Å². The topological polar surface area (TPSA) is 15.3 Å². The Morgan fingerprint density at radius 2 is 2.27 bits per heavy atom. The fourth-order valence-corrected chi connectivity index (χ4v) is 1.95. The third kappa shape index (κ3) is 2.17. The molecule has 2 nitrogen and oxygen atoms in total. The average Bonchev–Trinajstić information content (AvgIpc) is 2.04. The molecule has 1 fully saturated rings. The van der Waals surface area contributed by atoms with Crippen molar-refractivity contribution in [3.63, 3.8) is 0 Å².